The van der Waals surface area contributed by atoms with Gasteiger partial charge in [0.2, 0.25) is 0 Å². The Morgan fingerprint density at radius 3 is 2.82 bits per heavy atom. The highest BCUT2D eigenvalue weighted by molar-refractivity contribution is 14.1. The number of hydrogen-bond donors (Lipinski definition) is 1. The molecule has 1 aromatic carbocycles. The fourth-order valence-electron chi connectivity index (χ4n) is 1.52. The van der Waals surface area contributed by atoms with Gasteiger partial charge < -0.3 is 5.11 Å². The minimum absolute atomic E-state index is 0.235. The van der Waals surface area contributed by atoms with Crippen molar-refractivity contribution in [3.8, 4) is 0 Å². The van der Waals surface area contributed by atoms with Gasteiger partial charge in [0, 0.05) is 11.4 Å². The summed E-state index contributed by atoms with van der Waals surface area (Å²) in [6, 6.07) is 6.28. The first kappa shape index (κ1) is 13.3. The number of halogens is 3. The third-order valence-electron chi connectivity index (χ3n) is 2.39. The summed E-state index contributed by atoms with van der Waals surface area (Å²) in [5.74, 6) is -0.335. The van der Waals surface area contributed by atoms with Crippen molar-refractivity contribution in [1.29, 1.82) is 0 Å². The molecule has 5 heteroatoms. The summed E-state index contributed by atoms with van der Waals surface area (Å²) in [7, 11) is 0. The van der Waals surface area contributed by atoms with E-state index in [9.17, 15) is 9.50 Å². The molecule has 2 rings (SSSR count). The maximum atomic E-state index is 13.5. The quantitative estimate of drug-likeness (QED) is 0.779. The number of aliphatic hydroxyl groups excluding tert-OH is 1. The zero-order chi connectivity index (χ0) is 12.4. The first-order valence-corrected chi connectivity index (χ1v) is 7.26. The Bertz CT molecular complexity index is 529. The molecule has 0 amide bonds. The molecule has 0 radical (unpaired) electrons. The zero-order valence-electron chi connectivity index (χ0n) is 8.66. The van der Waals surface area contributed by atoms with Crippen LogP contribution in [0, 0.1) is 8.70 Å². The predicted octanol–water partition coefficient (Wildman–Crippen LogP) is 4.42. The van der Waals surface area contributed by atoms with Crippen molar-refractivity contribution in [2.75, 3.05) is 0 Å². The van der Waals surface area contributed by atoms with Crippen LogP contribution in [0.2, 0.25) is 5.02 Å². The molecule has 90 valence electrons. The van der Waals surface area contributed by atoms with Crippen molar-refractivity contribution in [3.05, 3.63) is 54.5 Å². The summed E-state index contributed by atoms with van der Waals surface area (Å²) in [6.45, 7) is 0. The summed E-state index contributed by atoms with van der Waals surface area (Å²) in [5.41, 5.74) is 1.25. The van der Waals surface area contributed by atoms with E-state index in [4.69, 9.17) is 11.6 Å². The molecule has 2 aromatic rings. The maximum absolute atomic E-state index is 13.5. The minimum Gasteiger partial charge on any atom is -0.388 e. The summed E-state index contributed by atoms with van der Waals surface area (Å²) in [4.78, 5) is 0. The lowest BCUT2D eigenvalue weighted by molar-refractivity contribution is 0.177. The monoisotopic (exact) mass is 382 g/mol. The van der Waals surface area contributed by atoms with Crippen LogP contribution < -0.4 is 0 Å². The first-order valence-electron chi connectivity index (χ1n) is 4.92. The average Bonchev–Trinajstić information content (AvgIpc) is 2.70. The van der Waals surface area contributed by atoms with Crippen molar-refractivity contribution in [2.45, 2.75) is 12.5 Å². The molecule has 1 unspecified atom stereocenters. The van der Waals surface area contributed by atoms with Gasteiger partial charge in [-0.25, -0.2) is 4.39 Å². The van der Waals surface area contributed by atoms with Crippen LogP contribution in [0.3, 0.4) is 0 Å². The summed E-state index contributed by atoms with van der Waals surface area (Å²) in [5, 5.41) is 12.4. The highest BCUT2D eigenvalue weighted by atomic mass is 127. The SMILES string of the molecule is OC(Cc1cc(Cl)ccc1F)c1csc(I)c1. The van der Waals surface area contributed by atoms with Crippen LogP contribution in [-0.2, 0) is 6.42 Å². The number of hydrogen-bond acceptors (Lipinski definition) is 2. The van der Waals surface area contributed by atoms with Crippen LogP contribution in [0.5, 0.6) is 0 Å². The van der Waals surface area contributed by atoms with E-state index in [1.54, 1.807) is 17.4 Å². The molecule has 0 aliphatic heterocycles. The summed E-state index contributed by atoms with van der Waals surface area (Å²) < 4.78 is 14.6. The molecule has 1 nitrogen and oxygen atoms in total. The van der Waals surface area contributed by atoms with Gasteiger partial charge in [0.05, 0.1) is 8.99 Å². The molecule has 0 saturated carbocycles. The normalized spacial score (nSPS) is 12.7. The van der Waals surface area contributed by atoms with E-state index in [-0.39, 0.29) is 12.2 Å². The van der Waals surface area contributed by atoms with Gasteiger partial charge >= 0.3 is 0 Å². The molecule has 0 spiro atoms. The third-order valence-corrected chi connectivity index (χ3v) is 4.44. The highest BCUT2D eigenvalue weighted by Gasteiger charge is 2.13. The van der Waals surface area contributed by atoms with E-state index in [1.165, 1.54) is 12.1 Å². The van der Waals surface area contributed by atoms with Crippen LogP contribution in [0.4, 0.5) is 4.39 Å². The number of rotatable bonds is 3. The molecular formula is C12H9ClFIOS. The topological polar surface area (TPSA) is 20.2 Å². The molecule has 0 fully saturated rings. The predicted molar refractivity (Wildman–Crippen MR) is 77.1 cm³/mol. The van der Waals surface area contributed by atoms with E-state index in [0.717, 1.165) is 8.45 Å². The van der Waals surface area contributed by atoms with Crippen LogP contribution in [0.15, 0.2) is 29.6 Å². The van der Waals surface area contributed by atoms with E-state index in [2.05, 4.69) is 22.6 Å². The Balaban J connectivity index is 2.18. The van der Waals surface area contributed by atoms with Crippen LogP contribution in [-0.4, -0.2) is 5.11 Å². The van der Waals surface area contributed by atoms with Crippen LogP contribution >= 0.6 is 45.5 Å². The molecule has 0 aliphatic carbocycles. The molecule has 0 saturated heterocycles. The Morgan fingerprint density at radius 2 is 2.18 bits per heavy atom. The van der Waals surface area contributed by atoms with Gasteiger partial charge in [0.15, 0.2) is 0 Å². The Kier molecular flexibility index (Phi) is 4.41. The van der Waals surface area contributed by atoms with Crippen LogP contribution in [0.1, 0.15) is 17.2 Å². The van der Waals surface area contributed by atoms with Crippen molar-refractivity contribution in [1.82, 2.24) is 0 Å². The van der Waals surface area contributed by atoms with Crippen molar-refractivity contribution in [2.24, 2.45) is 0 Å². The maximum Gasteiger partial charge on any atom is 0.126 e. The Hall–Kier alpha value is -0.170. The average molecular weight is 383 g/mol. The van der Waals surface area contributed by atoms with Gasteiger partial charge in [-0.1, -0.05) is 11.6 Å². The van der Waals surface area contributed by atoms with E-state index >= 15 is 0 Å². The van der Waals surface area contributed by atoms with Gasteiger partial charge in [-0.2, -0.15) is 0 Å². The molecular weight excluding hydrogens is 374 g/mol. The summed E-state index contributed by atoms with van der Waals surface area (Å²) in [6.07, 6.45) is -0.457. The molecule has 1 heterocycles. The van der Waals surface area contributed by atoms with Gasteiger partial charge in [-0.05, 0) is 63.4 Å². The Labute approximate surface area is 121 Å². The number of aliphatic hydroxyl groups is 1. The zero-order valence-corrected chi connectivity index (χ0v) is 12.4. The molecule has 0 aliphatic rings. The Morgan fingerprint density at radius 1 is 1.41 bits per heavy atom. The fraction of sp³-hybridized carbons (Fsp3) is 0.167. The van der Waals surface area contributed by atoms with E-state index < -0.39 is 6.10 Å². The second-order valence-corrected chi connectivity index (χ2v) is 6.88. The van der Waals surface area contributed by atoms with Crippen LogP contribution in [0.25, 0.3) is 0 Å². The molecule has 17 heavy (non-hydrogen) atoms. The van der Waals surface area contributed by atoms with Crippen molar-refractivity contribution >= 4 is 45.5 Å². The molecule has 1 N–H and O–H groups in total. The fourth-order valence-corrected chi connectivity index (χ4v) is 3.14. The van der Waals surface area contributed by atoms with Gasteiger partial charge in [0.25, 0.3) is 0 Å². The highest BCUT2D eigenvalue weighted by Crippen LogP contribution is 2.26. The van der Waals surface area contributed by atoms with Gasteiger partial charge in [0.1, 0.15) is 5.82 Å². The van der Waals surface area contributed by atoms with Crippen molar-refractivity contribution < 1.29 is 9.50 Å². The molecule has 0 bridgehead atoms. The first-order chi connectivity index (χ1) is 8.06. The van der Waals surface area contributed by atoms with E-state index in [0.29, 0.717) is 10.6 Å². The minimum atomic E-state index is -0.692. The third kappa shape index (κ3) is 3.40. The van der Waals surface area contributed by atoms with Gasteiger partial charge in [-0.15, -0.1) is 11.3 Å². The second kappa shape index (κ2) is 5.65. The largest absolute Gasteiger partial charge is 0.388 e. The molecule has 1 aromatic heterocycles. The standard InChI is InChI=1S/C12H9ClFIOS/c13-9-1-2-10(14)7(3-9)4-11(16)8-5-12(15)17-6-8/h1-3,5-6,11,16H,4H2. The lowest BCUT2D eigenvalue weighted by Crippen LogP contribution is -2.02. The molecule has 1 atom stereocenters. The number of benzene rings is 1. The van der Waals surface area contributed by atoms with Crippen molar-refractivity contribution in [3.63, 3.8) is 0 Å². The lowest BCUT2D eigenvalue weighted by atomic mass is 10.0. The summed E-state index contributed by atoms with van der Waals surface area (Å²) >= 11 is 9.55. The smallest absolute Gasteiger partial charge is 0.126 e. The lowest BCUT2D eigenvalue weighted by Gasteiger charge is -2.10. The van der Waals surface area contributed by atoms with Gasteiger partial charge in [-0.3, -0.25) is 0 Å². The second-order valence-electron chi connectivity index (χ2n) is 3.64. The van der Waals surface area contributed by atoms with E-state index in [1.807, 2.05) is 11.4 Å². The number of thiophene rings is 1.